The zero-order valence-electron chi connectivity index (χ0n) is 4.38. The average Bonchev–Trinajstić information content (AvgIpc) is 1.59. The van der Waals surface area contributed by atoms with E-state index in [1.54, 1.807) is 0 Å². The molecule has 0 atom stereocenters. The van der Waals surface area contributed by atoms with E-state index in [0.29, 0.717) is 12.3 Å². The Bertz CT molecular complexity index is 64.8. The smallest absolute Gasteiger partial charge is 0.0537 e. The lowest BCUT2D eigenvalue weighted by atomic mass is 10.6. The first kappa shape index (κ1) is 8.52. The first-order valence-corrected chi connectivity index (χ1v) is 4.47. The van der Waals surface area contributed by atoms with Crippen molar-refractivity contribution < 1.29 is 9.11 Å². The molecule has 0 fully saturated rings. The summed E-state index contributed by atoms with van der Waals surface area (Å²) < 4.78 is 17.0. The first-order chi connectivity index (χ1) is 3.56. The van der Waals surface area contributed by atoms with Gasteiger partial charge in [0.1, 0.15) is 0 Å². The molecule has 0 spiro atoms. The molecule has 0 aliphatic carbocycles. The van der Waals surface area contributed by atoms with Gasteiger partial charge in [-0.05, 0) is 6.42 Å². The minimum absolute atomic E-state index is 0.205. The maximum Gasteiger partial charge on any atom is 0.0537 e. The molecule has 0 rings (SSSR count). The van der Waals surface area contributed by atoms with Crippen LogP contribution in [-0.4, -0.2) is 20.7 Å². The van der Waals surface area contributed by atoms with E-state index in [2.05, 4.69) is 0 Å². The van der Waals surface area contributed by atoms with E-state index < -0.39 is 10.8 Å². The molecule has 0 heterocycles. The molecule has 0 amide bonds. The molecule has 0 aliphatic heterocycles. The Balaban J connectivity index is 3.11. The molecule has 0 bridgehead atoms. The van der Waals surface area contributed by atoms with Crippen molar-refractivity contribution in [3.05, 3.63) is 0 Å². The summed E-state index contributed by atoms with van der Waals surface area (Å²) in [5.74, 6) is 0.629. The van der Waals surface area contributed by atoms with Crippen molar-refractivity contribution in [3.63, 3.8) is 0 Å². The van der Waals surface area contributed by atoms with Gasteiger partial charge in [-0.1, -0.05) is 0 Å². The van der Waals surface area contributed by atoms with Crippen LogP contribution in [-0.2, 0) is 0 Å². The van der Waals surface area contributed by atoms with Crippen LogP contribution in [0.2, 0.25) is 0 Å². The van der Waals surface area contributed by atoms with Gasteiger partial charge in [-0.2, -0.15) is 0 Å². The van der Waals surface area contributed by atoms with Gasteiger partial charge >= 0.3 is 0 Å². The quantitative estimate of drug-likeness (QED) is 0.543. The number of halogens is 1. The van der Waals surface area contributed by atoms with E-state index in [0.717, 1.165) is 0 Å². The standard InChI is InChI=1S/C3H10ClNO2S/c4-2-1-3-8(5,6)7/h6-7H,1-3,5H2. The number of hydrogen-bond donors (Lipinski definition) is 3. The normalized spacial score (nSPS) is 14.0. The largest absolute Gasteiger partial charge is 0.286 e. The van der Waals surface area contributed by atoms with Gasteiger partial charge in [-0.25, -0.2) is 5.14 Å². The Morgan fingerprint density at radius 3 is 2.12 bits per heavy atom. The topological polar surface area (TPSA) is 66.5 Å². The fourth-order valence-corrected chi connectivity index (χ4v) is 1.13. The number of alkyl halides is 1. The molecule has 0 radical (unpaired) electrons. The highest BCUT2D eigenvalue weighted by Crippen LogP contribution is 2.28. The van der Waals surface area contributed by atoms with E-state index in [1.165, 1.54) is 0 Å². The fraction of sp³-hybridized carbons (Fsp3) is 1.00. The van der Waals surface area contributed by atoms with E-state index in [1.807, 2.05) is 0 Å². The minimum atomic E-state index is -2.77. The van der Waals surface area contributed by atoms with E-state index >= 15 is 0 Å². The molecule has 0 aromatic heterocycles. The van der Waals surface area contributed by atoms with Crippen molar-refractivity contribution in [1.29, 1.82) is 0 Å². The Morgan fingerprint density at radius 1 is 1.50 bits per heavy atom. The van der Waals surface area contributed by atoms with E-state index in [4.69, 9.17) is 25.8 Å². The first-order valence-electron chi connectivity index (χ1n) is 2.16. The summed E-state index contributed by atoms with van der Waals surface area (Å²) in [6, 6.07) is 0. The molecule has 0 aromatic carbocycles. The Hall–Kier alpha value is 0.520. The van der Waals surface area contributed by atoms with Gasteiger partial charge in [-0.3, -0.25) is 9.11 Å². The Labute approximate surface area is 55.3 Å². The van der Waals surface area contributed by atoms with Crippen molar-refractivity contribution in [3.8, 4) is 0 Å². The van der Waals surface area contributed by atoms with Crippen molar-refractivity contribution in [1.82, 2.24) is 0 Å². The predicted molar refractivity (Wildman–Crippen MR) is 37.2 cm³/mol. The highest BCUT2D eigenvalue weighted by atomic mass is 35.5. The van der Waals surface area contributed by atoms with Gasteiger partial charge in [0.25, 0.3) is 0 Å². The lowest BCUT2D eigenvalue weighted by molar-refractivity contribution is 0.488. The maximum atomic E-state index is 8.51. The van der Waals surface area contributed by atoms with Gasteiger partial charge in [0.05, 0.1) is 5.75 Å². The average molecular weight is 160 g/mol. The lowest BCUT2D eigenvalue weighted by Crippen LogP contribution is -2.12. The number of hydrogen-bond acceptors (Lipinski definition) is 3. The van der Waals surface area contributed by atoms with E-state index in [9.17, 15) is 0 Å². The van der Waals surface area contributed by atoms with Crippen molar-refractivity contribution in [2.45, 2.75) is 6.42 Å². The van der Waals surface area contributed by atoms with Crippen molar-refractivity contribution in [2.75, 3.05) is 11.6 Å². The fourth-order valence-electron chi connectivity index (χ4n) is 0.267. The van der Waals surface area contributed by atoms with E-state index in [-0.39, 0.29) is 5.75 Å². The summed E-state index contributed by atoms with van der Waals surface area (Å²) in [6.07, 6.45) is 0.556. The molecule has 0 unspecified atom stereocenters. The summed E-state index contributed by atoms with van der Waals surface area (Å²) >= 11 is 5.24. The van der Waals surface area contributed by atoms with Crippen LogP contribution in [0.5, 0.6) is 0 Å². The zero-order chi connectivity index (χ0) is 6.62. The molecule has 0 aliphatic rings. The van der Waals surface area contributed by atoms with Gasteiger partial charge in [0, 0.05) is 5.88 Å². The van der Waals surface area contributed by atoms with Crippen LogP contribution in [0.1, 0.15) is 6.42 Å². The van der Waals surface area contributed by atoms with Gasteiger partial charge < -0.3 is 0 Å². The Morgan fingerprint density at radius 2 is 2.00 bits per heavy atom. The molecule has 4 N–H and O–H groups in total. The Kier molecular flexibility index (Phi) is 3.76. The zero-order valence-corrected chi connectivity index (χ0v) is 5.95. The van der Waals surface area contributed by atoms with Crippen LogP contribution in [0.15, 0.2) is 0 Å². The van der Waals surface area contributed by atoms with Crippen LogP contribution in [0.25, 0.3) is 0 Å². The second-order valence-corrected chi connectivity index (χ2v) is 3.68. The highest BCUT2D eigenvalue weighted by molar-refractivity contribution is 8.22. The molecular formula is C3H10ClNO2S. The molecular weight excluding hydrogens is 150 g/mol. The van der Waals surface area contributed by atoms with Crippen molar-refractivity contribution >= 4 is 22.4 Å². The lowest BCUT2D eigenvalue weighted by Gasteiger charge is -2.25. The SMILES string of the molecule is NS(O)(O)CCCCl. The van der Waals surface area contributed by atoms with Crippen LogP contribution in [0.3, 0.4) is 0 Å². The number of rotatable bonds is 3. The molecule has 8 heavy (non-hydrogen) atoms. The third-order valence-corrected chi connectivity index (χ3v) is 1.74. The van der Waals surface area contributed by atoms with Crippen LogP contribution in [0.4, 0.5) is 0 Å². The molecule has 0 saturated heterocycles. The predicted octanol–water partition coefficient (Wildman–Crippen LogP) is 1.24. The summed E-state index contributed by atoms with van der Waals surface area (Å²) in [7, 11) is -2.77. The van der Waals surface area contributed by atoms with Crippen LogP contribution < -0.4 is 5.14 Å². The minimum Gasteiger partial charge on any atom is -0.286 e. The molecule has 0 aromatic rings. The highest BCUT2D eigenvalue weighted by Gasteiger charge is 2.01. The second-order valence-electron chi connectivity index (χ2n) is 1.46. The molecule has 5 heteroatoms. The molecule has 52 valence electrons. The summed E-state index contributed by atoms with van der Waals surface area (Å²) in [5.41, 5.74) is 0. The molecule has 0 saturated carbocycles. The second kappa shape index (κ2) is 3.53. The van der Waals surface area contributed by atoms with Crippen molar-refractivity contribution in [2.24, 2.45) is 5.14 Å². The van der Waals surface area contributed by atoms with Crippen LogP contribution in [0, 0.1) is 0 Å². The van der Waals surface area contributed by atoms with Crippen LogP contribution >= 0.6 is 22.4 Å². The van der Waals surface area contributed by atoms with Gasteiger partial charge in [0.15, 0.2) is 0 Å². The monoisotopic (exact) mass is 159 g/mol. The van der Waals surface area contributed by atoms with Gasteiger partial charge in [0.2, 0.25) is 0 Å². The third-order valence-electron chi connectivity index (χ3n) is 0.578. The summed E-state index contributed by atoms with van der Waals surface area (Å²) in [4.78, 5) is 0. The van der Waals surface area contributed by atoms with Gasteiger partial charge in [-0.15, -0.1) is 22.4 Å². The number of nitrogens with two attached hydrogens (primary N) is 1. The third kappa shape index (κ3) is 6.52. The molecule has 3 nitrogen and oxygen atoms in total. The maximum absolute atomic E-state index is 8.51. The summed E-state index contributed by atoms with van der Waals surface area (Å²) in [6.45, 7) is 0. The summed E-state index contributed by atoms with van der Waals surface area (Å²) in [5, 5.41) is 4.86.